The third kappa shape index (κ3) is 4.21. The van der Waals surface area contributed by atoms with E-state index in [2.05, 4.69) is 45.3 Å². The molecule has 2 aliphatic rings. The van der Waals surface area contributed by atoms with Crippen molar-refractivity contribution in [3.63, 3.8) is 0 Å². The normalized spacial score (nSPS) is 33.6. The van der Waals surface area contributed by atoms with Crippen molar-refractivity contribution in [2.45, 2.75) is 91.3 Å². The summed E-state index contributed by atoms with van der Waals surface area (Å²) in [4.78, 5) is 12.5. The highest BCUT2D eigenvalue weighted by molar-refractivity contribution is 5.82. The van der Waals surface area contributed by atoms with Crippen LogP contribution in [0.4, 0.5) is 0 Å². The Morgan fingerprint density at radius 1 is 1.10 bits per heavy atom. The minimum Gasteiger partial charge on any atom is -0.352 e. The van der Waals surface area contributed by atoms with Crippen LogP contribution in [0.2, 0.25) is 0 Å². The number of hydrogen-bond donors (Lipinski definition) is 2. The zero-order valence-corrected chi connectivity index (χ0v) is 13.9. The van der Waals surface area contributed by atoms with E-state index in [0.29, 0.717) is 22.9 Å². The molecular formula is C17H32N2O. The molecule has 1 heterocycles. The minimum atomic E-state index is 0.0203. The van der Waals surface area contributed by atoms with E-state index in [4.69, 9.17) is 0 Å². The highest BCUT2D eigenvalue weighted by atomic mass is 16.2. The molecular weight excluding hydrogens is 248 g/mol. The third-order valence-corrected chi connectivity index (χ3v) is 4.83. The number of nitrogens with one attached hydrogen (secondary N) is 2. The molecule has 1 aliphatic heterocycles. The van der Waals surface area contributed by atoms with Crippen molar-refractivity contribution in [1.82, 2.24) is 10.6 Å². The Morgan fingerprint density at radius 3 is 2.25 bits per heavy atom. The maximum absolute atomic E-state index is 12.5. The van der Waals surface area contributed by atoms with Crippen LogP contribution in [0, 0.1) is 10.8 Å². The van der Waals surface area contributed by atoms with Gasteiger partial charge >= 0.3 is 0 Å². The first-order valence-corrected chi connectivity index (χ1v) is 8.23. The summed E-state index contributed by atoms with van der Waals surface area (Å²) in [5.41, 5.74) is 0.653. The smallest absolute Gasteiger partial charge is 0.237 e. The van der Waals surface area contributed by atoms with Crippen molar-refractivity contribution >= 4 is 5.91 Å². The second-order valence-electron chi connectivity index (χ2n) is 8.67. The molecule has 0 radical (unpaired) electrons. The monoisotopic (exact) mass is 280 g/mol. The fraction of sp³-hybridized carbons (Fsp3) is 0.941. The van der Waals surface area contributed by atoms with Crippen molar-refractivity contribution in [3.8, 4) is 0 Å². The maximum atomic E-state index is 12.5. The summed E-state index contributed by atoms with van der Waals surface area (Å²) >= 11 is 0. The average molecular weight is 280 g/mol. The SMILES string of the molecule is CC1CCCC(C(=O)NC2CC(C)(C)CC(C)(C)C2)N1. The second kappa shape index (κ2) is 5.67. The fourth-order valence-electron chi connectivity index (χ4n) is 4.59. The predicted molar refractivity (Wildman–Crippen MR) is 83.6 cm³/mol. The Bertz CT molecular complexity index is 346. The summed E-state index contributed by atoms with van der Waals surface area (Å²) in [6.07, 6.45) is 6.77. The van der Waals surface area contributed by atoms with Crippen LogP contribution >= 0.6 is 0 Å². The van der Waals surface area contributed by atoms with Crippen molar-refractivity contribution < 1.29 is 4.79 Å². The topological polar surface area (TPSA) is 41.1 Å². The van der Waals surface area contributed by atoms with Gasteiger partial charge in [-0.3, -0.25) is 4.79 Å². The van der Waals surface area contributed by atoms with Gasteiger partial charge < -0.3 is 10.6 Å². The first-order valence-electron chi connectivity index (χ1n) is 8.23. The zero-order valence-electron chi connectivity index (χ0n) is 13.9. The van der Waals surface area contributed by atoms with Gasteiger partial charge in [-0.05, 0) is 56.3 Å². The predicted octanol–water partition coefficient (Wildman–Crippen LogP) is 3.24. The van der Waals surface area contributed by atoms with Crippen LogP contribution in [-0.4, -0.2) is 24.0 Å². The van der Waals surface area contributed by atoms with Crippen LogP contribution in [0.5, 0.6) is 0 Å². The van der Waals surface area contributed by atoms with E-state index in [0.717, 1.165) is 25.7 Å². The van der Waals surface area contributed by atoms with Gasteiger partial charge in [0.25, 0.3) is 0 Å². The molecule has 2 unspecified atom stereocenters. The summed E-state index contributed by atoms with van der Waals surface area (Å²) in [5, 5.41) is 6.75. The summed E-state index contributed by atoms with van der Waals surface area (Å²) in [6, 6.07) is 0.825. The lowest BCUT2D eigenvalue weighted by Gasteiger charge is -2.45. The van der Waals surface area contributed by atoms with E-state index < -0.39 is 0 Å². The zero-order chi connectivity index (χ0) is 15.0. The minimum absolute atomic E-state index is 0.0203. The molecule has 2 fully saturated rings. The molecule has 2 N–H and O–H groups in total. The average Bonchev–Trinajstić information content (AvgIpc) is 2.24. The van der Waals surface area contributed by atoms with E-state index in [9.17, 15) is 4.79 Å². The van der Waals surface area contributed by atoms with E-state index in [1.807, 2.05) is 0 Å². The largest absolute Gasteiger partial charge is 0.352 e. The number of amides is 1. The molecule has 2 rings (SSSR count). The Balaban J connectivity index is 1.93. The lowest BCUT2D eigenvalue weighted by molar-refractivity contribution is -0.125. The molecule has 1 saturated heterocycles. The van der Waals surface area contributed by atoms with E-state index in [1.54, 1.807) is 0 Å². The van der Waals surface area contributed by atoms with Gasteiger partial charge in [-0.1, -0.05) is 27.7 Å². The van der Waals surface area contributed by atoms with Gasteiger partial charge in [-0.25, -0.2) is 0 Å². The highest BCUT2D eigenvalue weighted by Gasteiger charge is 2.39. The van der Waals surface area contributed by atoms with Crippen molar-refractivity contribution in [3.05, 3.63) is 0 Å². The van der Waals surface area contributed by atoms with Gasteiger partial charge in [0.05, 0.1) is 6.04 Å². The standard InChI is InChI=1S/C17H32N2O/c1-12-7-6-8-14(18-12)15(20)19-13-9-16(2,3)11-17(4,5)10-13/h12-14,18H,6-11H2,1-5H3,(H,19,20). The Labute approximate surface area is 124 Å². The van der Waals surface area contributed by atoms with Crippen molar-refractivity contribution in [1.29, 1.82) is 0 Å². The molecule has 0 bridgehead atoms. The lowest BCUT2D eigenvalue weighted by Crippen LogP contribution is -2.54. The first-order chi connectivity index (χ1) is 9.17. The Kier molecular flexibility index (Phi) is 4.48. The van der Waals surface area contributed by atoms with E-state index in [1.165, 1.54) is 12.8 Å². The number of carbonyl (C=O) groups excluding carboxylic acids is 1. The van der Waals surface area contributed by atoms with Gasteiger partial charge in [0.1, 0.15) is 0 Å². The second-order valence-corrected chi connectivity index (χ2v) is 8.67. The fourth-order valence-corrected chi connectivity index (χ4v) is 4.59. The number of hydrogen-bond acceptors (Lipinski definition) is 2. The third-order valence-electron chi connectivity index (χ3n) is 4.83. The van der Waals surface area contributed by atoms with Gasteiger partial charge in [-0.15, -0.1) is 0 Å². The Morgan fingerprint density at radius 2 is 1.70 bits per heavy atom. The summed E-state index contributed by atoms with van der Waals surface area (Å²) < 4.78 is 0. The number of carbonyl (C=O) groups is 1. The molecule has 0 aromatic heterocycles. The molecule has 20 heavy (non-hydrogen) atoms. The molecule has 3 heteroatoms. The molecule has 1 saturated carbocycles. The van der Waals surface area contributed by atoms with Crippen molar-refractivity contribution in [2.75, 3.05) is 0 Å². The molecule has 1 amide bonds. The molecule has 1 aliphatic carbocycles. The Hall–Kier alpha value is -0.570. The summed E-state index contributed by atoms with van der Waals surface area (Å²) in [5.74, 6) is 0.218. The van der Waals surface area contributed by atoms with Gasteiger partial charge in [0.2, 0.25) is 5.91 Å². The molecule has 2 atom stereocenters. The van der Waals surface area contributed by atoms with Crippen LogP contribution in [0.1, 0.15) is 73.1 Å². The molecule has 0 spiro atoms. The maximum Gasteiger partial charge on any atom is 0.237 e. The first kappa shape index (κ1) is 15.8. The van der Waals surface area contributed by atoms with Gasteiger partial charge in [0, 0.05) is 12.1 Å². The lowest BCUT2D eigenvalue weighted by atomic mass is 9.63. The quantitative estimate of drug-likeness (QED) is 0.815. The van der Waals surface area contributed by atoms with Crippen LogP contribution in [0.15, 0.2) is 0 Å². The molecule has 0 aromatic carbocycles. The van der Waals surface area contributed by atoms with Crippen LogP contribution in [-0.2, 0) is 4.79 Å². The molecule has 0 aromatic rings. The van der Waals surface area contributed by atoms with Gasteiger partial charge in [0.15, 0.2) is 0 Å². The van der Waals surface area contributed by atoms with Crippen LogP contribution in [0.3, 0.4) is 0 Å². The van der Waals surface area contributed by atoms with Gasteiger partial charge in [-0.2, -0.15) is 0 Å². The van der Waals surface area contributed by atoms with Crippen molar-refractivity contribution in [2.24, 2.45) is 10.8 Å². The number of rotatable bonds is 2. The summed E-state index contributed by atoms with van der Waals surface area (Å²) in [6.45, 7) is 11.5. The van der Waals surface area contributed by atoms with E-state index >= 15 is 0 Å². The molecule has 3 nitrogen and oxygen atoms in total. The van der Waals surface area contributed by atoms with Crippen LogP contribution in [0.25, 0.3) is 0 Å². The van der Waals surface area contributed by atoms with E-state index in [-0.39, 0.29) is 11.9 Å². The highest BCUT2D eigenvalue weighted by Crippen LogP contribution is 2.45. The van der Waals surface area contributed by atoms with Crippen LogP contribution < -0.4 is 10.6 Å². The summed E-state index contributed by atoms with van der Waals surface area (Å²) in [7, 11) is 0. The molecule has 116 valence electrons. The number of piperidine rings is 1.